The number of hydrogen-bond donors (Lipinski definition) is 1. The van der Waals surface area contributed by atoms with Gasteiger partial charge in [-0.3, -0.25) is 4.79 Å². The normalized spacial score (nSPS) is 10.7. The molecule has 0 aliphatic carbocycles. The second kappa shape index (κ2) is 7.57. The highest BCUT2D eigenvalue weighted by atomic mass is 32.2. The molecule has 0 radical (unpaired) electrons. The Morgan fingerprint density at radius 3 is 2.50 bits per heavy atom. The number of carbonyl (C=O) groups excluding carboxylic acids is 1. The number of thioether (sulfide) groups is 1. The molecule has 6 nitrogen and oxygen atoms in total. The molecule has 1 amide bonds. The highest BCUT2D eigenvalue weighted by Gasteiger charge is 2.15. The number of nitrogens with zero attached hydrogens (tertiary/aromatic N) is 4. The van der Waals surface area contributed by atoms with Crippen LogP contribution >= 0.6 is 11.8 Å². The van der Waals surface area contributed by atoms with Crippen LogP contribution in [-0.4, -0.2) is 39.8 Å². The van der Waals surface area contributed by atoms with Crippen molar-refractivity contribution in [2.24, 2.45) is 0 Å². The molecule has 3 aromatic rings. The first kappa shape index (κ1) is 17.9. The van der Waals surface area contributed by atoms with E-state index in [0.29, 0.717) is 22.0 Å². The number of halogens is 1. The van der Waals surface area contributed by atoms with Crippen molar-refractivity contribution in [1.82, 2.24) is 19.8 Å². The fourth-order valence-electron chi connectivity index (χ4n) is 2.35. The lowest BCUT2D eigenvalue weighted by atomic mass is 10.1. The van der Waals surface area contributed by atoms with Gasteiger partial charge in [0, 0.05) is 25.4 Å². The summed E-state index contributed by atoms with van der Waals surface area (Å²) in [5, 5.41) is 8.52. The standard InChI is InChI=1S/C18H18FN5OS/c1-23(2)17(25)13-9-7-12(8-10-13)11-26-18-22-21-16(24(18)20)14-5-3-4-6-15(14)19/h3-10H,11,20H2,1-2H3. The maximum Gasteiger partial charge on any atom is 0.253 e. The van der Waals surface area contributed by atoms with Crippen LogP contribution in [0.25, 0.3) is 11.4 Å². The zero-order valence-electron chi connectivity index (χ0n) is 14.4. The molecule has 0 spiro atoms. The molecule has 2 N–H and O–H groups in total. The molecule has 1 heterocycles. The molecule has 0 aliphatic rings. The quantitative estimate of drug-likeness (QED) is 0.551. The zero-order chi connectivity index (χ0) is 18.7. The van der Waals surface area contributed by atoms with Gasteiger partial charge in [-0.05, 0) is 29.8 Å². The van der Waals surface area contributed by atoms with E-state index in [1.807, 2.05) is 12.1 Å². The summed E-state index contributed by atoms with van der Waals surface area (Å²) in [6.07, 6.45) is 0. The molecule has 1 aromatic heterocycles. The summed E-state index contributed by atoms with van der Waals surface area (Å²) >= 11 is 1.39. The van der Waals surface area contributed by atoms with E-state index in [-0.39, 0.29) is 11.7 Å². The number of amides is 1. The minimum Gasteiger partial charge on any atom is -0.345 e. The smallest absolute Gasteiger partial charge is 0.253 e. The predicted molar refractivity (Wildman–Crippen MR) is 99.6 cm³/mol. The largest absolute Gasteiger partial charge is 0.345 e. The van der Waals surface area contributed by atoms with Crippen LogP contribution in [0, 0.1) is 5.82 Å². The number of benzene rings is 2. The molecular weight excluding hydrogens is 353 g/mol. The van der Waals surface area contributed by atoms with E-state index in [9.17, 15) is 9.18 Å². The maximum atomic E-state index is 13.9. The Hall–Kier alpha value is -2.87. The fraction of sp³-hybridized carbons (Fsp3) is 0.167. The Balaban J connectivity index is 1.71. The first-order valence-corrected chi connectivity index (χ1v) is 8.84. The van der Waals surface area contributed by atoms with Gasteiger partial charge in [-0.25, -0.2) is 9.07 Å². The van der Waals surface area contributed by atoms with Gasteiger partial charge in [0.1, 0.15) is 5.82 Å². The summed E-state index contributed by atoms with van der Waals surface area (Å²) < 4.78 is 15.2. The highest BCUT2D eigenvalue weighted by molar-refractivity contribution is 7.98. The lowest BCUT2D eigenvalue weighted by molar-refractivity contribution is 0.0827. The van der Waals surface area contributed by atoms with Crippen molar-refractivity contribution >= 4 is 17.7 Å². The van der Waals surface area contributed by atoms with Gasteiger partial charge in [-0.2, -0.15) is 0 Å². The number of rotatable bonds is 5. The lowest BCUT2D eigenvalue weighted by Crippen LogP contribution is -2.21. The van der Waals surface area contributed by atoms with Crippen LogP contribution in [0.5, 0.6) is 0 Å². The van der Waals surface area contributed by atoms with Gasteiger partial charge in [-0.15, -0.1) is 10.2 Å². The second-order valence-electron chi connectivity index (χ2n) is 5.84. The van der Waals surface area contributed by atoms with Gasteiger partial charge in [0.15, 0.2) is 5.82 Å². The number of hydrogen-bond acceptors (Lipinski definition) is 5. The average Bonchev–Trinajstić information content (AvgIpc) is 3.00. The van der Waals surface area contributed by atoms with Crippen molar-refractivity contribution in [2.75, 3.05) is 19.9 Å². The van der Waals surface area contributed by atoms with Crippen LogP contribution in [0.3, 0.4) is 0 Å². The molecule has 0 unspecified atom stereocenters. The fourth-order valence-corrected chi connectivity index (χ4v) is 3.16. The maximum absolute atomic E-state index is 13.9. The molecule has 0 saturated carbocycles. The molecule has 0 fully saturated rings. The van der Waals surface area contributed by atoms with Crippen LogP contribution in [0.2, 0.25) is 0 Å². The Morgan fingerprint density at radius 2 is 1.85 bits per heavy atom. The van der Waals surface area contributed by atoms with Gasteiger partial charge < -0.3 is 10.7 Å². The molecule has 3 rings (SSSR count). The minimum atomic E-state index is -0.399. The van der Waals surface area contributed by atoms with Gasteiger partial charge >= 0.3 is 0 Å². The monoisotopic (exact) mass is 371 g/mol. The van der Waals surface area contributed by atoms with Crippen LogP contribution in [0.15, 0.2) is 53.7 Å². The number of carbonyl (C=O) groups is 1. The van der Waals surface area contributed by atoms with E-state index < -0.39 is 5.82 Å². The van der Waals surface area contributed by atoms with Crippen molar-refractivity contribution in [3.63, 3.8) is 0 Å². The van der Waals surface area contributed by atoms with E-state index in [1.54, 1.807) is 44.4 Å². The lowest BCUT2D eigenvalue weighted by Gasteiger charge is -2.10. The third kappa shape index (κ3) is 3.70. The molecule has 26 heavy (non-hydrogen) atoms. The Labute approximate surface area is 154 Å². The zero-order valence-corrected chi connectivity index (χ0v) is 15.2. The minimum absolute atomic E-state index is 0.0413. The first-order chi connectivity index (χ1) is 12.5. The van der Waals surface area contributed by atoms with Crippen molar-refractivity contribution in [3.8, 4) is 11.4 Å². The van der Waals surface area contributed by atoms with E-state index in [4.69, 9.17) is 5.84 Å². The predicted octanol–water partition coefficient (Wildman–Crippen LogP) is 2.79. The van der Waals surface area contributed by atoms with E-state index >= 15 is 0 Å². The third-order valence-electron chi connectivity index (χ3n) is 3.75. The van der Waals surface area contributed by atoms with Crippen molar-refractivity contribution < 1.29 is 9.18 Å². The average molecular weight is 371 g/mol. The van der Waals surface area contributed by atoms with Gasteiger partial charge in [-0.1, -0.05) is 36.0 Å². The summed E-state index contributed by atoms with van der Waals surface area (Å²) in [4.78, 5) is 13.4. The van der Waals surface area contributed by atoms with Crippen molar-refractivity contribution in [2.45, 2.75) is 10.9 Å². The number of aromatic nitrogens is 3. The van der Waals surface area contributed by atoms with Gasteiger partial charge in [0.25, 0.3) is 5.91 Å². The molecule has 0 saturated heterocycles. The third-order valence-corrected chi connectivity index (χ3v) is 4.77. The summed E-state index contributed by atoms with van der Waals surface area (Å²) in [5.74, 6) is 6.46. The molecule has 134 valence electrons. The molecule has 0 atom stereocenters. The summed E-state index contributed by atoms with van der Waals surface area (Å²) in [6, 6.07) is 13.6. The van der Waals surface area contributed by atoms with Crippen molar-refractivity contribution in [3.05, 3.63) is 65.5 Å². The summed E-state index contributed by atoms with van der Waals surface area (Å²) in [6.45, 7) is 0. The highest BCUT2D eigenvalue weighted by Crippen LogP contribution is 2.25. The van der Waals surface area contributed by atoms with Gasteiger partial charge in [0.2, 0.25) is 5.16 Å². The van der Waals surface area contributed by atoms with E-state index in [1.165, 1.54) is 27.4 Å². The molecular formula is C18H18FN5OS. The Morgan fingerprint density at radius 1 is 1.15 bits per heavy atom. The molecule has 2 aromatic carbocycles. The number of nitrogen functional groups attached to an aromatic ring is 1. The van der Waals surface area contributed by atoms with Crippen LogP contribution in [-0.2, 0) is 5.75 Å². The first-order valence-electron chi connectivity index (χ1n) is 7.86. The second-order valence-corrected chi connectivity index (χ2v) is 6.78. The topological polar surface area (TPSA) is 77.0 Å². The molecule has 0 aliphatic heterocycles. The molecule has 0 bridgehead atoms. The Bertz CT molecular complexity index is 924. The summed E-state index contributed by atoms with van der Waals surface area (Å²) in [7, 11) is 3.43. The molecule has 8 heteroatoms. The van der Waals surface area contributed by atoms with Crippen LogP contribution in [0.1, 0.15) is 15.9 Å². The van der Waals surface area contributed by atoms with Crippen LogP contribution < -0.4 is 5.84 Å². The van der Waals surface area contributed by atoms with Crippen molar-refractivity contribution in [1.29, 1.82) is 0 Å². The van der Waals surface area contributed by atoms with E-state index in [2.05, 4.69) is 10.2 Å². The SMILES string of the molecule is CN(C)C(=O)c1ccc(CSc2nnc(-c3ccccc3F)n2N)cc1. The summed E-state index contributed by atoms with van der Waals surface area (Å²) in [5.41, 5.74) is 1.95. The Kier molecular flexibility index (Phi) is 5.22. The van der Waals surface area contributed by atoms with Gasteiger partial charge in [0.05, 0.1) is 5.56 Å². The number of nitrogens with two attached hydrogens (primary N) is 1. The van der Waals surface area contributed by atoms with Crippen LogP contribution in [0.4, 0.5) is 4.39 Å². The van der Waals surface area contributed by atoms with E-state index in [0.717, 1.165) is 5.56 Å².